The van der Waals surface area contributed by atoms with Crippen molar-refractivity contribution < 1.29 is 14.2 Å². The van der Waals surface area contributed by atoms with E-state index in [1.54, 1.807) is 28.4 Å². The van der Waals surface area contributed by atoms with Crippen molar-refractivity contribution in [2.45, 2.75) is 32.2 Å². The Kier molecular flexibility index (Phi) is 10.9. The first kappa shape index (κ1) is 26.9. The van der Waals surface area contributed by atoms with Gasteiger partial charge < -0.3 is 29.7 Å². The molecule has 33 heavy (non-hydrogen) atoms. The largest absolute Gasteiger partial charge is 0.493 e. The number of ether oxygens (including phenoxy) is 3. The summed E-state index contributed by atoms with van der Waals surface area (Å²) in [6, 6.07) is 12.8. The van der Waals surface area contributed by atoms with E-state index >= 15 is 0 Å². The zero-order valence-electron chi connectivity index (χ0n) is 20.3. The van der Waals surface area contributed by atoms with Gasteiger partial charge in [-0.05, 0) is 49.9 Å². The lowest BCUT2D eigenvalue weighted by molar-refractivity contribution is 0.322. The van der Waals surface area contributed by atoms with Crippen LogP contribution in [0, 0.1) is 0 Å². The number of aliphatic imine (C=N–C) groups is 1. The zero-order chi connectivity index (χ0) is 22.9. The van der Waals surface area contributed by atoms with Crippen molar-refractivity contribution in [1.82, 2.24) is 10.6 Å². The lowest BCUT2D eigenvalue weighted by Gasteiger charge is -2.22. The predicted molar refractivity (Wildman–Crippen MR) is 146 cm³/mol. The van der Waals surface area contributed by atoms with Crippen LogP contribution in [0.4, 0.5) is 5.69 Å². The predicted octanol–water partition coefficient (Wildman–Crippen LogP) is 4.40. The molecule has 0 aliphatic carbocycles. The van der Waals surface area contributed by atoms with Gasteiger partial charge in [-0.25, -0.2) is 0 Å². The molecule has 0 aromatic heterocycles. The molecule has 1 saturated heterocycles. The molecule has 8 heteroatoms. The fraction of sp³-hybridized carbons (Fsp3) is 0.480. The third-order valence-corrected chi connectivity index (χ3v) is 5.89. The summed E-state index contributed by atoms with van der Waals surface area (Å²) in [7, 11) is 6.68. The molecule has 7 nitrogen and oxygen atoms in total. The number of nitrogens with zero attached hydrogens (tertiary/aromatic N) is 2. The number of guanidine groups is 1. The molecule has 0 amide bonds. The number of halogens is 1. The van der Waals surface area contributed by atoms with Crippen molar-refractivity contribution in [1.29, 1.82) is 0 Å². The second-order valence-corrected chi connectivity index (χ2v) is 7.90. The lowest BCUT2D eigenvalue weighted by Crippen LogP contribution is -2.39. The minimum absolute atomic E-state index is 0. The van der Waals surface area contributed by atoms with Gasteiger partial charge in [0.25, 0.3) is 0 Å². The summed E-state index contributed by atoms with van der Waals surface area (Å²) in [6.07, 6.45) is 3.31. The Balaban J connectivity index is 0.00000385. The molecule has 0 bridgehead atoms. The second kappa shape index (κ2) is 13.4. The maximum absolute atomic E-state index is 5.59. The molecule has 1 aliphatic rings. The molecule has 1 fully saturated rings. The van der Waals surface area contributed by atoms with E-state index in [1.807, 2.05) is 12.1 Å². The van der Waals surface area contributed by atoms with Gasteiger partial charge in [0.15, 0.2) is 17.5 Å². The molecule has 182 valence electrons. The van der Waals surface area contributed by atoms with Gasteiger partial charge in [-0.1, -0.05) is 18.2 Å². The van der Waals surface area contributed by atoms with Crippen LogP contribution in [0.25, 0.3) is 0 Å². The smallest absolute Gasteiger partial charge is 0.203 e. The van der Waals surface area contributed by atoms with Crippen molar-refractivity contribution in [3.8, 4) is 17.2 Å². The van der Waals surface area contributed by atoms with Gasteiger partial charge in [0.1, 0.15) is 0 Å². The molecule has 0 spiro atoms. The summed E-state index contributed by atoms with van der Waals surface area (Å²) < 4.78 is 16.4. The molecule has 1 heterocycles. The van der Waals surface area contributed by atoms with E-state index in [4.69, 9.17) is 14.2 Å². The summed E-state index contributed by atoms with van der Waals surface area (Å²) >= 11 is 0. The van der Waals surface area contributed by atoms with E-state index < -0.39 is 0 Å². The van der Waals surface area contributed by atoms with Crippen LogP contribution >= 0.6 is 24.0 Å². The van der Waals surface area contributed by atoms with Crippen LogP contribution in [0.5, 0.6) is 17.2 Å². The fourth-order valence-corrected chi connectivity index (χ4v) is 4.12. The number of hydrogen-bond donors (Lipinski definition) is 2. The third kappa shape index (κ3) is 6.82. The Labute approximate surface area is 214 Å². The zero-order valence-corrected chi connectivity index (χ0v) is 22.6. The van der Waals surface area contributed by atoms with Crippen LogP contribution in [-0.4, -0.2) is 54.0 Å². The quantitative estimate of drug-likeness (QED) is 0.266. The average Bonchev–Trinajstić information content (AvgIpc) is 3.38. The van der Waals surface area contributed by atoms with E-state index in [0.29, 0.717) is 23.8 Å². The highest BCUT2D eigenvalue weighted by molar-refractivity contribution is 14.0. The Morgan fingerprint density at radius 2 is 1.76 bits per heavy atom. The van der Waals surface area contributed by atoms with Gasteiger partial charge in [0, 0.05) is 37.9 Å². The molecular formula is C25H37IN4O3. The summed E-state index contributed by atoms with van der Waals surface area (Å²) in [4.78, 5) is 6.85. The minimum atomic E-state index is 0. The maximum Gasteiger partial charge on any atom is 0.203 e. The topological polar surface area (TPSA) is 67.4 Å². The van der Waals surface area contributed by atoms with Crippen molar-refractivity contribution in [3.63, 3.8) is 0 Å². The fourth-order valence-electron chi connectivity index (χ4n) is 4.12. The molecule has 1 aliphatic heterocycles. The average molecular weight is 569 g/mol. The van der Waals surface area contributed by atoms with Crippen molar-refractivity contribution >= 4 is 35.6 Å². The number of methoxy groups -OCH3 is 3. The number of benzene rings is 2. The molecule has 2 N–H and O–H groups in total. The first-order valence-electron chi connectivity index (χ1n) is 11.2. The molecule has 1 atom stereocenters. The van der Waals surface area contributed by atoms with E-state index in [9.17, 15) is 0 Å². The summed E-state index contributed by atoms with van der Waals surface area (Å²) in [5, 5.41) is 6.91. The molecule has 0 saturated carbocycles. The van der Waals surface area contributed by atoms with Crippen molar-refractivity contribution in [3.05, 3.63) is 47.5 Å². The van der Waals surface area contributed by atoms with Crippen molar-refractivity contribution in [2.75, 3.05) is 52.9 Å². The number of rotatable bonds is 9. The summed E-state index contributed by atoms with van der Waals surface area (Å²) in [5.41, 5.74) is 3.59. The van der Waals surface area contributed by atoms with Gasteiger partial charge in [-0.15, -0.1) is 24.0 Å². The van der Waals surface area contributed by atoms with E-state index in [0.717, 1.165) is 31.0 Å². The van der Waals surface area contributed by atoms with Gasteiger partial charge >= 0.3 is 0 Å². The van der Waals surface area contributed by atoms with Crippen LogP contribution in [0.3, 0.4) is 0 Å². The van der Waals surface area contributed by atoms with Crippen LogP contribution in [-0.2, 0) is 6.42 Å². The second-order valence-electron chi connectivity index (χ2n) is 7.90. The van der Waals surface area contributed by atoms with E-state index in [-0.39, 0.29) is 30.0 Å². The minimum Gasteiger partial charge on any atom is -0.493 e. The SMILES string of the molecule is CN=C(NCCc1ccc(OC)c(OC)c1OC)NC(C)c1cccc(N2CCCC2)c1.I. The standard InChI is InChI=1S/C25H36N4O3.HI/c1-18(20-9-8-10-21(17-20)29-15-6-7-16-29)28-25(26-2)27-14-13-19-11-12-22(30-3)24(32-5)23(19)31-4;/h8-12,17-18H,6-7,13-16H2,1-5H3,(H2,26,27,28);1H. The van der Waals surface area contributed by atoms with Gasteiger partial charge in [-0.3, -0.25) is 4.99 Å². The van der Waals surface area contributed by atoms with Gasteiger partial charge in [-0.2, -0.15) is 0 Å². The number of anilines is 1. The number of hydrogen-bond acceptors (Lipinski definition) is 5. The summed E-state index contributed by atoms with van der Waals surface area (Å²) in [6.45, 7) is 5.15. The molecule has 3 rings (SSSR count). The highest BCUT2D eigenvalue weighted by atomic mass is 127. The van der Waals surface area contributed by atoms with Crippen LogP contribution in [0.1, 0.15) is 36.9 Å². The highest BCUT2D eigenvalue weighted by Crippen LogP contribution is 2.39. The Morgan fingerprint density at radius 1 is 1.03 bits per heavy atom. The van der Waals surface area contributed by atoms with E-state index in [1.165, 1.54) is 24.1 Å². The maximum atomic E-state index is 5.59. The Morgan fingerprint density at radius 3 is 2.39 bits per heavy atom. The highest BCUT2D eigenvalue weighted by Gasteiger charge is 2.17. The van der Waals surface area contributed by atoms with Crippen LogP contribution in [0.15, 0.2) is 41.4 Å². The van der Waals surface area contributed by atoms with Crippen molar-refractivity contribution in [2.24, 2.45) is 4.99 Å². The first-order valence-corrected chi connectivity index (χ1v) is 11.2. The first-order chi connectivity index (χ1) is 15.6. The van der Waals surface area contributed by atoms with Crippen LogP contribution < -0.4 is 29.7 Å². The Hall–Kier alpha value is -2.36. The molecule has 0 radical (unpaired) electrons. The molecule has 1 unspecified atom stereocenters. The molecule has 2 aromatic rings. The molecular weight excluding hydrogens is 531 g/mol. The normalized spacial score (nSPS) is 14.3. The Bertz CT molecular complexity index is 917. The van der Waals surface area contributed by atoms with Gasteiger partial charge in [0.2, 0.25) is 5.75 Å². The summed E-state index contributed by atoms with van der Waals surface area (Å²) in [5.74, 6) is 2.73. The van der Waals surface area contributed by atoms with Gasteiger partial charge in [0.05, 0.1) is 27.4 Å². The third-order valence-electron chi connectivity index (χ3n) is 5.89. The lowest BCUT2D eigenvalue weighted by atomic mass is 10.1. The van der Waals surface area contributed by atoms with Crippen LogP contribution in [0.2, 0.25) is 0 Å². The molecule has 2 aromatic carbocycles. The monoisotopic (exact) mass is 568 g/mol. The number of nitrogens with one attached hydrogen (secondary N) is 2. The van der Waals surface area contributed by atoms with E-state index in [2.05, 4.69) is 51.7 Å².